The molecule has 0 bridgehead atoms. The summed E-state index contributed by atoms with van der Waals surface area (Å²) in [5.74, 6) is 0.873. The van der Waals surface area contributed by atoms with Gasteiger partial charge in [0.05, 0.1) is 24.0 Å². The molecule has 0 aliphatic rings. The predicted molar refractivity (Wildman–Crippen MR) is 69.6 cm³/mol. The number of fused-ring (bicyclic) bond motifs is 1. The number of aryl methyl sites for hydroxylation is 1. The highest BCUT2D eigenvalue weighted by atomic mass is 16.3. The second kappa shape index (κ2) is 4.81. The van der Waals surface area contributed by atoms with Crippen LogP contribution in [0.15, 0.2) is 37.2 Å². The van der Waals surface area contributed by atoms with Crippen LogP contribution in [0, 0.1) is 0 Å². The number of imidazole rings is 1. The Morgan fingerprint density at radius 3 is 3.00 bits per heavy atom. The van der Waals surface area contributed by atoms with Crippen molar-refractivity contribution in [2.24, 2.45) is 0 Å². The van der Waals surface area contributed by atoms with Crippen LogP contribution in [0.2, 0.25) is 0 Å². The largest absolute Gasteiger partial charge is 0.388 e. The number of hydrogen-bond acceptors (Lipinski definition) is 4. The lowest BCUT2D eigenvalue weighted by Crippen LogP contribution is -2.08. The fourth-order valence-corrected chi connectivity index (χ4v) is 2.21. The normalized spacial score (nSPS) is 12.9. The summed E-state index contributed by atoms with van der Waals surface area (Å²) >= 11 is 0. The molecule has 3 heterocycles. The van der Waals surface area contributed by atoms with E-state index < -0.39 is 6.10 Å². The molecule has 98 valence electrons. The van der Waals surface area contributed by atoms with Crippen LogP contribution in [0.1, 0.15) is 24.4 Å². The summed E-state index contributed by atoms with van der Waals surface area (Å²) < 4.78 is 3.73. The van der Waals surface area contributed by atoms with Gasteiger partial charge in [0.15, 0.2) is 0 Å². The Labute approximate surface area is 110 Å². The smallest absolute Gasteiger partial charge is 0.111 e. The fraction of sp³-hybridized carbons (Fsp3) is 0.308. The first-order chi connectivity index (χ1) is 9.29. The van der Waals surface area contributed by atoms with E-state index in [0.717, 1.165) is 23.4 Å². The minimum absolute atomic E-state index is 0.469. The third-order valence-corrected chi connectivity index (χ3v) is 3.23. The molecule has 0 radical (unpaired) electrons. The molecule has 1 atom stereocenters. The lowest BCUT2D eigenvalue weighted by molar-refractivity contribution is 0.176. The van der Waals surface area contributed by atoms with Crippen LogP contribution in [0.5, 0.6) is 0 Å². The first kappa shape index (κ1) is 11.9. The summed E-state index contributed by atoms with van der Waals surface area (Å²) in [6.07, 6.45) is 10.3. The van der Waals surface area contributed by atoms with Crippen LogP contribution in [-0.4, -0.2) is 29.3 Å². The predicted octanol–water partition coefficient (Wildman–Crippen LogP) is 1.22. The molecular weight excluding hydrogens is 242 g/mol. The van der Waals surface area contributed by atoms with Crippen LogP contribution in [0.25, 0.3) is 5.52 Å². The first-order valence-electron chi connectivity index (χ1n) is 6.25. The van der Waals surface area contributed by atoms with Crippen molar-refractivity contribution >= 4 is 5.52 Å². The van der Waals surface area contributed by atoms with Crippen molar-refractivity contribution in [3.05, 3.63) is 48.6 Å². The Morgan fingerprint density at radius 2 is 2.16 bits per heavy atom. The quantitative estimate of drug-likeness (QED) is 0.763. The summed E-state index contributed by atoms with van der Waals surface area (Å²) in [6, 6.07) is 0. The zero-order chi connectivity index (χ0) is 13.2. The van der Waals surface area contributed by atoms with Crippen molar-refractivity contribution in [1.82, 2.24) is 24.1 Å². The molecule has 0 amide bonds. The topological polar surface area (TPSA) is 68.2 Å². The molecule has 3 aromatic rings. The van der Waals surface area contributed by atoms with Crippen molar-refractivity contribution < 1.29 is 5.11 Å². The number of aliphatic hydroxyl groups excluding tert-OH is 1. The van der Waals surface area contributed by atoms with Gasteiger partial charge < -0.3 is 9.67 Å². The van der Waals surface area contributed by atoms with Crippen LogP contribution >= 0.6 is 0 Å². The molecule has 6 heteroatoms. The van der Waals surface area contributed by atoms with Gasteiger partial charge in [-0.05, 0) is 6.92 Å². The Morgan fingerprint density at radius 1 is 1.26 bits per heavy atom. The van der Waals surface area contributed by atoms with E-state index in [1.54, 1.807) is 35.5 Å². The van der Waals surface area contributed by atoms with E-state index in [1.807, 2.05) is 10.8 Å². The minimum Gasteiger partial charge on any atom is -0.388 e. The average molecular weight is 257 g/mol. The second-order valence-electron chi connectivity index (χ2n) is 4.36. The van der Waals surface area contributed by atoms with E-state index in [-0.39, 0.29) is 0 Å². The number of nitrogens with zero attached hydrogens (tertiary/aromatic N) is 5. The SMILES string of the molecule is CCn1ccnc1CC(O)c1cnn2ccncc12. The van der Waals surface area contributed by atoms with Gasteiger partial charge in [-0.2, -0.15) is 5.10 Å². The van der Waals surface area contributed by atoms with E-state index in [0.29, 0.717) is 6.42 Å². The van der Waals surface area contributed by atoms with E-state index in [2.05, 4.69) is 22.0 Å². The van der Waals surface area contributed by atoms with Crippen LogP contribution in [0.3, 0.4) is 0 Å². The van der Waals surface area contributed by atoms with Gasteiger partial charge in [-0.3, -0.25) is 4.98 Å². The first-order valence-corrected chi connectivity index (χ1v) is 6.25. The number of hydrogen-bond donors (Lipinski definition) is 1. The van der Waals surface area contributed by atoms with Crippen LogP contribution in [-0.2, 0) is 13.0 Å². The maximum absolute atomic E-state index is 10.4. The minimum atomic E-state index is -0.630. The average Bonchev–Trinajstić information content (AvgIpc) is 3.04. The highest BCUT2D eigenvalue weighted by Crippen LogP contribution is 2.21. The van der Waals surface area contributed by atoms with Crippen LogP contribution < -0.4 is 0 Å². The molecule has 0 saturated carbocycles. The van der Waals surface area contributed by atoms with Gasteiger partial charge in [-0.1, -0.05) is 0 Å². The Balaban J connectivity index is 1.90. The fourth-order valence-electron chi connectivity index (χ4n) is 2.21. The van der Waals surface area contributed by atoms with E-state index in [4.69, 9.17) is 0 Å². The maximum atomic E-state index is 10.4. The summed E-state index contributed by atoms with van der Waals surface area (Å²) in [6.45, 7) is 2.90. The number of aliphatic hydroxyl groups is 1. The molecule has 0 fully saturated rings. The Hall–Kier alpha value is -2.21. The molecular formula is C13H15N5O. The maximum Gasteiger partial charge on any atom is 0.111 e. The van der Waals surface area contributed by atoms with Gasteiger partial charge >= 0.3 is 0 Å². The number of rotatable bonds is 4. The Kier molecular flexibility index (Phi) is 3.00. The molecule has 0 aliphatic heterocycles. The van der Waals surface area contributed by atoms with E-state index >= 15 is 0 Å². The number of aromatic nitrogens is 5. The third kappa shape index (κ3) is 2.10. The zero-order valence-corrected chi connectivity index (χ0v) is 10.6. The standard InChI is InChI=1S/C13H15N5O/c1-2-17-5-4-15-13(17)7-12(19)10-8-16-18-6-3-14-9-11(10)18/h3-6,8-9,12,19H,2,7H2,1H3. The summed E-state index contributed by atoms with van der Waals surface area (Å²) in [7, 11) is 0. The molecule has 1 unspecified atom stereocenters. The molecule has 0 spiro atoms. The van der Waals surface area contributed by atoms with Gasteiger partial charge in [-0.15, -0.1) is 0 Å². The second-order valence-corrected chi connectivity index (χ2v) is 4.36. The molecule has 6 nitrogen and oxygen atoms in total. The zero-order valence-electron chi connectivity index (χ0n) is 10.6. The summed E-state index contributed by atoms with van der Waals surface area (Å²) in [5, 5.41) is 14.6. The molecule has 0 aromatic carbocycles. The van der Waals surface area contributed by atoms with Crippen molar-refractivity contribution in [2.45, 2.75) is 26.0 Å². The van der Waals surface area contributed by atoms with Gasteiger partial charge in [0.1, 0.15) is 5.82 Å². The van der Waals surface area contributed by atoms with E-state index in [1.165, 1.54) is 0 Å². The Bertz CT molecular complexity index is 687. The van der Waals surface area contributed by atoms with Crippen molar-refractivity contribution in [3.8, 4) is 0 Å². The summed E-state index contributed by atoms with van der Waals surface area (Å²) in [4.78, 5) is 8.34. The van der Waals surface area contributed by atoms with E-state index in [9.17, 15) is 5.11 Å². The molecule has 0 aliphatic carbocycles. The third-order valence-electron chi connectivity index (χ3n) is 3.23. The van der Waals surface area contributed by atoms with Crippen molar-refractivity contribution in [1.29, 1.82) is 0 Å². The van der Waals surface area contributed by atoms with Crippen molar-refractivity contribution in [2.75, 3.05) is 0 Å². The molecule has 1 N–H and O–H groups in total. The molecule has 3 aromatic heterocycles. The molecule has 19 heavy (non-hydrogen) atoms. The monoisotopic (exact) mass is 257 g/mol. The molecule has 0 saturated heterocycles. The highest BCUT2D eigenvalue weighted by molar-refractivity contribution is 5.52. The summed E-state index contributed by atoms with van der Waals surface area (Å²) in [5.41, 5.74) is 1.60. The van der Waals surface area contributed by atoms with Gasteiger partial charge in [-0.25, -0.2) is 9.50 Å². The lowest BCUT2D eigenvalue weighted by atomic mass is 10.1. The van der Waals surface area contributed by atoms with Gasteiger partial charge in [0.25, 0.3) is 0 Å². The highest BCUT2D eigenvalue weighted by Gasteiger charge is 2.16. The molecule has 3 rings (SSSR count). The van der Waals surface area contributed by atoms with Crippen LogP contribution in [0.4, 0.5) is 0 Å². The van der Waals surface area contributed by atoms with Gasteiger partial charge in [0, 0.05) is 43.3 Å². The van der Waals surface area contributed by atoms with Gasteiger partial charge in [0.2, 0.25) is 0 Å². The van der Waals surface area contributed by atoms with Crippen molar-refractivity contribution in [3.63, 3.8) is 0 Å². The lowest BCUT2D eigenvalue weighted by Gasteiger charge is -2.10.